The second-order valence-corrected chi connectivity index (χ2v) is 4.94. The molecule has 2 N–H and O–H groups in total. The van der Waals surface area contributed by atoms with Crippen LogP contribution >= 0.6 is 0 Å². The Hall–Kier alpha value is -1.81. The molecule has 2 aromatic rings. The summed E-state index contributed by atoms with van der Waals surface area (Å²) in [5.74, 6) is 0.726. The first kappa shape index (κ1) is 12.2. The van der Waals surface area contributed by atoms with Crippen molar-refractivity contribution in [2.24, 2.45) is 0 Å². The van der Waals surface area contributed by atoms with Crippen molar-refractivity contribution in [1.82, 2.24) is 9.55 Å². The van der Waals surface area contributed by atoms with Crippen LogP contribution in [0.1, 0.15) is 36.4 Å². The molecule has 1 aromatic carbocycles. The molecule has 0 saturated carbocycles. The molecule has 1 aliphatic heterocycles. The molecule has 4 heteroatoms. The molecule has 100 valence electrons. The van der Waals surface area contributed by atoms with Crippen molar-refractivity contribution >= 4 is 5.69 Å². The Kier molecular flexibility index (Phi) is 3.25. The zero-order valence-electron chi connectivity index (χ0n) is 11.1. The Balaban J connectivity index is 1.98. The van der Waals surface area contributed by atoms with Gasteiger partial charge in [0, 0.05) is 36.7 Å². The number of benzene rings is 1. The molecule has 1 aromatic heterocycles. The molecule has 0 fully saturated rings. The van der Waals surface area contributed by atoms with Crippen molar-refractivity contribution in [1.29, 1.82) is 0 Å². The molecule has 0 bridgehead atoms. The van der Waals surface area contributed by atoms with E-state index in [0.29, 0.717) is 0 Å². The third kappa shape index (κ3) is 2.12. The van der Waals surface area contributed by atoms with Crippen LogP contribution < -0.4 is 5.32 Å². The number of hydrogen-bond donors (Lipinski definition) is 2. The minimum atomic E-state index is -0.665. The van der Waals surface area contributed by atoms with E-state index in [0.717, 1.165) is 43.0 Å². The fourth-order valence-electron chi connectivity index (χ4n) is 2.73. The summed E-state index contributed by atoms with van der Waals surface area (Å²) in [6.07, 6.45) is 5.08. The fourth-order valence-corrected chi connectivity index (χ4v) is 2.73. The highest BCUT2D eigenvalue weighted by Gasteiger charge is 2.22. The highest BCUT2D eigenvalue weighted by molar-refractivity contribution is 5.62. The molecule has 1 aliphatic rings. The van der Waals surface area contributed by atoms with Crippen molar-refractivity contribution < 1.29 is 5.11 Å². The van der Waals surface area contributed by atoms with E-state index in [4.69, 9.17) is 0 Å². The molecule has 1 unspecified atom stereocenters. The number of para-hydroxylation sites is 1. The number of anilines is 1. The molecule has 0 saturated heterocycles. The molecule has 2 heterocycles. The Bertz CT molecular complexity index is 577. The van der Waals surface area contributed by atoms with E-state index in [1.165, 1.54) is 5.56 Å². The van der Waals surface area contributed by atoms with Gasteiger partial charge in [0.15, 0.2) is 0 Å². The predicted octanol–water partition coefficient (Wildman–Crippen LogP) is 2.34. The predicted molar refractivity (Wildman–Crippen MR) is 75.2 cm³/mol. The first-order valence-corrected chi connectivity index (χ1v) is 6.86. The number of nitrogens with zero attached hydrogens (tertiary/aromatic N) is 2. The fraction of sp³-hybridized carbons (Fsp3) is 0.400. The van der Waals surface area contributed by atoms with Gasteiger partial charge < -0.3 is 15.0 Å². The first-order valence-electron chi connectivity index (χ1n) is 6.86. The lowest BCUT2D eigenvalue weighted by Crippen LogP contribution is -2.11. The van der Waals surface area contributed by atoms with Gasteiger partial charge in [-0.15, -0.1) is 0 Å². The summed E-state index contributed by atoms with van der Waals surface area (Å²) in [5.41, 5.74) is 3.30. The third-order valence-corrected chi connectivity index (χ3v) is 3.63. The van der Waals surface area contributed by atoms with E-state index in [-0.39, 0.29) is 0 Å². The standard InChI is InChI=1S/C15H19N3O/c1-2-9-18-10-8-17-15(18)14(19)12-5-3-4-11-6-7-16-13(11)12/h3-5,8,10,14,16,19H,2,6-7,9H2,1H3. The Morgan fingerprint density at radius 3 is 3.21 bits per heavy atom. The van der Waals surface area contributed by atoms with E-state index < -0.39 is 6.10 Å². The van der Waals surface area contributed by atoms with Crippen LogP contribution in [-0.4, -0.2) is 21.2 Å². The largest absolute Gasteiger partial charge is 0.384 e. The molecule has 0 aliphatic carbocycles. The van der Waals surface area contributed by atoms with Gasteiger partial charge in [-0.25, -0.2) is 4.98 Å². The maximum Gasteiger partial charge on any atom is 0.142 e. The van der Waals surface area contributed by atoms with Gasteiger partial charge in [0.2, 0.25) is 0 Å². The van der Waals surface area contributed by atoms with Gasteiger partial charge in [-0.05, 0) is 18.4 Å². The maximum atomic E-state index is 10.6. The lowest BCUT2D eigenvalue weighted by atomic mass is 10.0. The topological polar surface area (TPSA) is 50.1 Å². The highest BCUT2D eigenvalue weighted by atomic mass is 16.3. The average Bonchev–Trinajstić information content (AvgIpc) is 3.06. The molecular weight excluding hydrogens is 238 g/mol. The van der Waals surface area contributed by atoms with E-state index in [1.54, 1.807) is 6.20 Å². The summed E-state index contributed by atoms with van der Waals surface area (Å²) in [5, 5.41) is 14.0. The van der Waals surface area contributed by atoms with Crippen LogP contribution in [0.5, 0.6) is 0 Å². The lowest BCUT2D eigenvalue weighted by molar-refractivity contribution is 0.205. The van der Waals surface area contributed by atoms with Gasteiger partial charge in [0.25, 0.3) is 0 Å². The number of aliphatic hydroxyl groups excluding tert-OH is 1. The molecule has 0 spiro atoms. The van der Waals surface area contributed by atoms with Crippen LogP contribution in [0, 0.1) is 0 Å². The van der Waals surface area contributed by atoms with Crippen molar-refractivity contribution in [3.63, 3.8) is 0 Å². The van der Waals surface area contributed by atoms with Crippen molar-refractivity contribution in [2.45, 2.75) is 32.4 Å². The lowest BCUT2D eigenvalue weighted by Gasteiger charge is -2.16. The average molecular weight is 257 g/mol. The number of aromatic nitrogens is 2. The van der Waals surface area contributed by atoms with E-state index >= 15 is 0 Å². The summed E-state index contributed by atoms with van der Waals surface area (Å²) in [6, 6.07) is 6.11. The van der Waals surface area contributed by atoms with Crippen LogP contribution in [-0.2, 0) is 13.0 Å². The van der Waals surface area contributed by atoms with Crippen LogP contribution in [0.3, 0.4) is 0 Å². The number of hydrogen-bond acceptors (Lipinski definition) is 3. The minimum Gasteiger partial charge on any atom is -0.384 e. The maximum absolute atomic E-state index is 10.6. The van der Waals surface area contributed by atoms with E-state index in [9.17, 15) is 5.11 Å². The summed E-state index contributed by atoms with van der Waals surface area (Å²) < 4.78 is 2.03. The summed E-state index contributed by atoms with van der Waals surface area (Å²) in [6.45, 7) is 3.95. The highest BCUT2D eigenvalue weighted by Crippen LogP contribution is 2.33. The molecule has 0 amide bonds. The minimum absolute atomic E-state index is 0.665. The Labute approximate surface area is 113 Å². The zero-order chi connectivity index (χ0) is 13.2. The molecule has 19 heavy (non-hydrogen) atoms. The number of nitrogens with one attached hydrogen (secondary N) is 1. The summed E-state index contributed by atoms with van der Waals surface area (Å²) >= 11 is 0. The van der Waals surface area contributed by atoms with Crippen LogP contribution in [0.15, 0.2) is 30.6 Å². The first-order chi connectivity index (χ1) is 9.31. The molecule has 0 radical (unpaired) electrons. The van der Waals surface area contributed by atoms with Gasteiger partial charge in [-0.2, -0.15) is 0 Å². The SMILES string of the molecule is CCCn1ccnc1C(O)c1cccc2c1NCC2. The number of imidazole rings is 1. The number of aryl methyl sites for hydroxylation is 1. The second-order valence-electron chi connectivity index (χ2n) is 4.94. The Morgan fingerprint density at radius 2 is 2.37 bits per heavy atom. The van der Waals surface area contributed by atoms with Crippen molar-refractivity contribution in [2.75, 3.05) is 11.9 Å². The monoisotopic (exact) mass is 257 g/mol. The smallest absolute Gasteiger partial charge is 0.142 e. The van der Waals surface area contributed by atoms with Crippen LogP contribution in [0.2, 0.25) is 0 Å². The quantitative estimate of drug-likeness (QED) is 0.884. The normalized spacial score (nSPS) is 15.1. The van der Waals surface area contributed by atoms with Gasteiger partial charge in [-0.3, -0.25) is 0 Å². The number of aliphatic hydroxyl groups is 1. The summed E-state index contributed by atoms with van der Waals surface area (Å²) in [4.78, 5) is 4.32. The number of fused-ring (bicyclic) bond motifs is 1. The van der Waals surface area contributed by atoms with Crippen LogP contribution in [0.25, 0.3) is 0 Å². The van der Waals surface area contributed by atoms with Gasteiger partial charge in [-0.1, -0.05) is 25.1 Å². The Morgan fingerprint density at radius 1 is 1.47 bits per heavy atom. The third-order valence-electron chi connectivity index (χ3n) is 3.63. The van der Waals surface area contributed by atoms with E-state index in [1.807, 2.05) is 22.9 Å². The van der Waals surface area contributed by atoms with Gasteiger partial charge >= 0.3 is 0 Å². The molecular formula is C15H19N3O. The van der Waals surface area contributed by atoms with Crippen molar-refractivity contribution in [3.8, 4) is 0 Å². The number of rotatable bonds is 4. The second kappa shape index (κ2) is 5.05. The molecule has 1 atom stereocenters. The molecule has 3 rings (SSSR count). The zero-order valence-corrected chi connectivity index (χ0v) is 11.1. The van der Waals surface area contributed by atoms with Crippen LogP contribution in [0.4, 0.5) is 5.69 Å². The molecule has 4 nitrogen and oxygen atoms in total. The summed E-state index contributed by atoms with van der Waals surface area (Å²) in [7, 11) is 0. The van der Waals surface area contributed by atoms with E-state index in [2.05, 4.69) is 23.3 Å². The van der Waals surface area contributed by atoms with Gasteiger partial charge in [0.05, 0.1) is 0 Å². The van der Waals surface area contributed by atoms with Crippen molar-refractivity contribution in [3.05, 3.63) is 47.5 Å². The van der Waals surface area contributed by atoms with Gasteiger partial charge in [0.1, 0.15) is 11.9 Å².